The monoisotopic (exact) mass is 354 g/mol. The molecule has 2 aliphatic rings. The second kappa shape index (κ2) is 7.32. The highest BCUT2D eigenvalue weighted by atomic mass is 32.2. The van der Waals surface area contributed by atoms with Crippen molar-refractivity contribution in [2.24, 2.45) is 5.92 Å². The normalized spacial score (nSPS) is 29.2. The lowest BCUT2D eigenvalue weighted by Crippen LogP contribution is -3.27. The number of Topliss-reactive ketones (excluding diaryl/α,β-unsaturated/α-hetero) is 1. The number of nitrogens with one attached hydrogen (secondary N) is 2. The van der Waals surface area contributed by atoms with E-state index < -0.39 is 0 Å². The predicted molar refractivity (Wildman–Crippen MR) is 101 cm³/mol. The minimum atomic E-state index is 0.0655. The van der Waals surface area contributed by atoms with E-state index in [1.807, 2.05) is 30.0 Å². The van der Waals surface area contributed by atoms with Crippen LogP contribution in [0.15, 0.2) is 59.5 Å². The molecule has 0 unspecified atom stereocenters. The van der Waals surface area contributed by atoms with Gasteiger partial charge in [0.25, 0.3) is 0 Å². The van der Waals surface area contributed by atoms with Gasteiger partial charge in [0, 0.05) is 15.7 Å². The first-order valence-corrected chi connectivity index (χ1v) is 10.1. The molecular weight excluding hydrogens is 328 g/mol. The van der Waals surface area contributed by atoms with Crippen LogP contribution in [0.25, 0.3) is 0 Å². The molecular formula is C21H26N2OS+2. The highest BCUT2D eigenvalue weighted by molar-refractivity contribution is 7.99. The first-order chi connectivity index (χ1) is 12.2. The lowest BCUT2D eigenvalue weighted by atomic mass is 9.89. The van der Waals surface area contributed by atoms with E-state index in [2.05, 4.69) is 43.4 Å². The molecule has 0 aliphatic carbocycles. The summed E-state index contributed by atoms with van der Waals surface area (Å²) in [4.78, 5) is 17.6. The summed E-state index contributed by atoms with van der Waals surface area (Å²) >= 11 is 1.87. The predicted octanol–water partition coefficient (Wildman–Crippen LogP) is 0.746. The number of hydrogen-bond donors (Lipinski definition) is 2. The Morgan fingerprint density at radius 2 is 1.64 bits per heavy atom. The van der Waals surface area contributed by atoms with Crippen molar-refractivity contribution in [2.75, 3.05) is 39.8 Å². The van der Waals surface area contributed by atoms with Gasteiger partial charge >= 0.3 is 0 Å². The molecule has 0 amide bonds. The zero-order valence-corrected chi connectivity index (χ0v) is 15.5. The lowest BCUT2D eigenvalue weighted by molar-refractivity contribution is -1.00. The summed E-state index contributed by atoms with van der Waals surface area (Å²) in [5.74, 6) is 0.401. The third-order valence-corrected chi connectivity index (χ3v) is 7.02. The molecule has 130 valence electrons. The summed E-state index contributed by atoms with van der Waals surface area (Å²) in [6.07, 6.45) is 0. The maximum Gasteiger partial charge on any atom is 0.174 e. The fourth-order valence-corrected chi connectivity index (χ4v) is 5.42. The highest BCUT2D eigenvalue weighted by Gasteiger charge is 2.40. The van der Waals surface area contributed by atoms with Crippen LogP contribution in [-0.4, -0.2) is 45.6 Å². The molecule has 2 aromatic rings. The summed E-state index contributed by atoms with van der Waals surface area (Å²) < 4.78 is 0. The Balaban J connectivity index is 1.64. The van der Waals surface area contributed by atoms with Crippen molar-refractivity contribution in [2.45, 2.75) is 10.1 Å². The Hall–Kier alpha value is -1.62. The number of fused-ring (bicyclic) bond motifs is 1. The maximum absolute atomic E-state index is 13.3. The third-order valence-electron chi connectivity index (χ3n) is 5.56. The number of thioether (sulfide) groups is 1. The molecule has 0 saturated carbocycles. The molecule has 0 radical (unpaired) electrons. The number of quaternary nitrogens is 2. The van der Waals surface area contributed by atoms with Gasteiger partial charge in [0.2, 0.25) is 0 Å². The Morgan fingerprint density at radius 3 is 2.40 bits per heavy atom. The van der Waals surface area contributed by atoms with Crippen LogP contribution in [0.5, 0.6) is 0 Å². The summed E-state index contributed by atoms with van der Waals surface area (Å²) in [5.41, 5.74) is 2.20. The zero-order chi connectivity index (χ0) is 17.2. The van der Waals surface area contributed by atoms with Gasteiger partial charge in [0.15, 0.2) is 5.78 Å². The quantitative estimate of drug-likeness (QED) is 0.851. The number of ketones is 1. The van der Waals surface area contributed by atoms with E-state index in [1.165, 1.54) is 31.7 Å². The lowest BCUT2D eigenvalue weighted by Gasteiger charge is -2.35. The van der Waals surface area contributed by atoms with E-state index >= 15 is 0 Å². The third kappa shape index (κ3) is 3.52. The number of hydrogen-bond acceptors (Lipinski definition) is 2. The van der Waals surface area contributed by atoms with E-state index in [0.29, 0.717) is 5.78 Å². The van der Waals surface area contributed by atoms with Crippen LogP contribution < -0.4 is 9.80 Å². The Morgan fingerprint density at radius 1 is 0.960 bits per heavy atom. The second-order valence-corrected chi connectivity index (χ2v) is 8.51. The molecule has 2 N–H and O–H groups in total. The molecule has 2 heterocycles. The van der Waals surface area contributed by atoms with Crippen LogP contribution in [0.3, 0.4) is 0 Å². The number of likely N-dealkylation sites (N-methyl/N-ethyl adjacent to an activating group) is 1. The average molecular weight is 355 g/mol. The Labute approximate surface area is 154 Å². The minimum absolute atomic E-state index is 0.0655. The van der Waals surface area contributed by atoms with Crippen LogP contribution in [0.4, 0.5) is 0 Å². The fourth-order valence-electron chi connectivity index (χ4n) is 4.02. The second-order valence-electron chi connectivity index (χ2n) is 7.33. The van der Waals surface area contributed by atoms with E-state index in [-0.39, 0.29) is 11.2 Å². The van der Waals surface area contributed by atoms with Crippen molar-refractivity contribution < 1.29 is 14.6 Å². The highest BCUT2D eigenvalue weighted by Crippen LogP contribution is 2.47. The first-order valence-electron chi connectivity index (χ1n) is 9.22. The van der Waals surface area contributed by atoms with E-state index in [9.17, 15) is 4.79 Å². The van der Waals surface area contributed by atoms with Crippen molar-refractivity contribution in [1.82, 2.24) is 0 Å². The summed E-state index contributed by atoms with van der Waals surface area (Å²) in [5, 5.41) is 0.225. The summed E-state index contributed by atoms with van der Waals surface area (Å²) in [6, 6.07) is 18.7. The number of carbonyl (C=O) groups excluding carboxylic acids is 1. The van der Waals surface area contributed by atoms with Crippen LogP contribution >= 0.6 is 11.8 Å². The van der Waals surface area contributed by atoms with Crippen molar-refractivity contribution in [3.8, 4) is 0 Å². The molecule has 4 heteroatoms. The summed E-state index contributed by atoms with van der Waals surface area (Å²) in [7, 11) is 2.27. The molecule has 2 aromatic carbocycles. The van der Waals surface area contributed by atoms with Gasteiger partial charge in [-0.15, -0.1) is 11.8 Å². The fraction of sp³-hybridized carbons (Fsp3) is 0.381. The number of piperazine rings is 1. The van der Waals surface area contributed by atoms with Gasteiger partial charge in [-0.05, 0) is 11.6 Å². The van der Waals surface area contributed by atoms with Crippen molar-refractivity contribution in [3.05, 3.63) is 65.7 Å². The molecule has 1 saturated heterocycles. The van der Waals surface area contributed by atoms with E-state index in [0.717, 1.165) is 17.0 Å². The largest absolute Gasteiger partial charge is 0.328 e. The van der Waals surface area contributed by atoms with Gasteiger partial charge in [-0.3, -0.25) is 4.79 Å². The average Bonchev–Trinajstić information content (AvgIpc) is 2.66. The van der Waals surface area contributed by atoms with Crippen LogP contribution in [0.1, 0.15) is 21.2 Å². The molecule has 0 bridgehead atoms. The standard InChI is InChI=1S/C21H24N2OS/c1-22-11-13-23(14-12-22)15-18-20(24)17-9-5-6-10-19(17)25-21(18)16-7-3-2-4-8-16/h2-10,18,21H,11-15H2,1H3/p+2/t18-,21-/m0/s1. The topological polar surface area (TPSA) is 26.0 Å². The van der Waals surface area contributed by atoms with Crippen LogP contribution in [-0.2, 0) is 0 Å². The van der Waals surface area contributed by atoms with Gasteiger partial charge in [-0.1, -0.05) is 48.5 Å². The summed E-state index contributed by atoms with van der Waals surface area (Å²) in [6.45, 7) is 5.70. The molecule has 0 aromatic heterocycles. The molecule has 2 atom stereocenters. The molecule has 4 rings (SSSR count). The zero-order valence-electron chi connectivity index (χ0n) is 14.7. The number of rotatable bonds is 3. The SMILES string of the molecule is C[NH+]1CC[NH+](C[C@H]2C(=O)c3ccccc3S[C@H]2c2ccccc2)CC1. The Bertz CT molecular complexity index is 741. The molecule has 2 aliphatic heterocycles. The maximum atomic E-state index is 13.3. The smallest absolute Gasteiger partial charge is 0.174 e. The van der Waals surface area contributed by atoms with Crippen LogP contribution in [0, 0.1) is 5.92 Å². The van der Waals surface area contributed by atoms with Crippen LogP contribution in [0.2, 0.25) is 0 Å². The Kier molecular flexibility index (Phi) is 4.93. The van der Waals surface area contributed by atoms with E-state index in [4.69, 9.17) is 0 Å². The van der Waals surface area contributed by atoms with Crippen molar-refractivity contribution in [1.29, 1.82) is 0 Å². The molecule has 3 nitrogen and oxygen atoms in total. The van der Waals surface area contributed by atoms with Crippen molar-refractivity contribution >= 4 is 17.5 Å². The molecule has 25 heavy (non-hydrogen) atoms. The molecule has 1 fully saturated rings. The van der Waals surface area contributed by atoms with Gasteiger partial charge in [0.05, 0.1) is 19.5 Å². The van der Waals surface area contributed by atoms with Gasteiger partial charge < -0.3 is 9.80 Å². The minimum Gasteiger partial charge on any atom is -0.328 e. The molecule has 0 spiro atoms. The van der Waals surface area contributed by atoms with Crippen molar-refractivity contribution in [3.63, 3.8) is 0 Å². The van der Waals surface area contributed by atoms with Gasteiger partial charge in [-0.25, -0.2) is 0 Å². The van der Waals surface area contributed by atoms with E-state index in [1.54, 1.807) is 9.80 Å². The van der Waals surface area contributed by atoms with Gasteiger partial charge in [0.1, 0.15) is 26.2 Å². The number of carbonyl (C=O) groups is 1. The first kappa shape index (κ1) is 16.8. The van der Waals surface area contributed by atoms with Gasteiger partial charge in [-0.2, -0.15) is 0 Å². The number of benzene rings is 2.